The van der Waals surface area contributed by atoms with Crippen LogP contribution in [0.15, 0.2) is 6.07 Å². The molecule has 0 bridgehead atoms. The summed E-state index contributed by atoms with van der Waals surface area (Å²) in [4.78, 5) is 25.4. The fraction of sp³-hybridized carbons (Fsp3) is 0.643. The third-order valence-electron chi connectivity index (χ3n) is 3.41. The third-order valence-corrected chi connectivity index (χ3v) is 3.41. The van der Waals surface area contributed by atoms with E-state index in [4.69, 9.17) is 4.74 Å². The van der Waals surface area contributed by atoms with Crippen molar-refractivity contribution < 1.29 is 14.3 Å². The number of nitrogens with zero attached hydrogens (tertiary/aromatic N) is 3. The van der Waals surface area contributed by atoms with Crippen LogP contribution in [0, 0.1) is 6.92 Å². The van der Waals surface area contributed by atoms with Crippen LogP contribution < -0.4 is 10.2 Å². The largest absolute Gasteiger partial charge is 0.383 e. The standard InChI is InChI=1S/C14H22N4O3/c1-11-10-13-17(14(20)5-8-18(13)16-11)7-3-4-12(19)15-6-9-21-2/h10H,3-9H2,1-2H3,(H,15,19). The highest BCUT2D eigenvalue weighted by molar-refractivity contribution is 5.93. The monoisotopic (exact) mass is 294 g/mol. The van der Waals surface area contributed by atoms with Gasteiger partial charge in [-0.25, -0.2) is 4.68 Å². The number of carbonyl (C=O) groups is 2. The molecule has 2 heterocycles. The molecular weight excluding hydrogens is 272 g/mol. The number of nitrogens with one attached hydrogen (secondary N) is 1. The number of amides is 2. The molecule has 1 N–H and O–H groups in total. The lowest BCUT2D eigenvalue weighted by molar-refractivity contribution is -0.122. The second-order valence-electron chi connectivity index (χ2n) is 5.11. The van der Waals surface area contributed by atoms with Crippen molar-refractivity contribution in [2.45, 2.75) is 32.7 Å². The minimum Gasteiger partial charge on any atom is -0.383 e. The van der Waals surface area contributed by atoms with Crippen LogP contribution >= 0.6 is 0 Å². The highest BCUT2D eigenvalue weighted by atomic mass is 16.5. The van der Waals surface area contributed by atoms with Gasteiger partial charge in [0.25, 0.3) is 0 Å². The van der Waals surface area contributed by atoms with Crippen molar-refractivity contribution in [2.24, 2.45) is 0 Å². The van der Waals surface area contributed by atoms with Crippen LogP contribution in [0.3, 0.4) is 0 Å². The van der Waals surface area contributed by atoms with Crippen molar-refractivity contribution in [3.8, 4) is 0 Å². The fourth-order valence-electron chi connectivity index (χ4n) is 2.40. The molecule has 0 aromatic carbocycles. The average molecular weight is 294 g/mol. The minimum absolute atomic E-state index is 0.0128. The van der Waals surface area contributed by atoms with Gasteiger partial charge in [-0.3, -0.25) is 14.5 Å². The fourth-order valence-corrected chi connectivity index (χ4v) is 2.40. The van der Waals surface area contributed by atoms with E-state index in [0.29, 0.717) is 45.5 Å². The molecule has 1 aliphatic heterocycles. The first-order valence-corrected chi connectivity index (χ1v) is 7.22. The van der Waals surface area contributed by atoms with Gasteiger partial charge in [-0.05, 0) is 13.3 Å². The first-order valence-electron chi connectivity index (χ1n) is 7.22. The van der Waals surface area contributed by atoms with Crippen molar-refractivity contribution in [3.05, 3.63) is 11.8 Å². The number of hydrogen-bond donors (Lipinski definition) is 1. The van der Waals surface area contributed by atoms with Crippen LogP contribution in [0.4, 0.5) is 5.82 Å². The molecule has 2 rings (SSSR count). The number of hydrogen-bond acceptors (Lipinski definition) is 4. The number of carbonyl (C=O) groups excluding carboxylic acids is 2. The van der Waals surface area contributed by atoms with E-state index in [1.54, 1.807) is 12.0 Å². The smallest absolute Gasteiger partial charge is 0.229 e. The molecule has 0 saturated carbocycles. The molecule has 1 aromatic heterocycles. The summed E-state index contributed by atoms with van der Waals surface area (Å²) < 4.78 is 6.73. The van der Waals surface area contributed by atoms with Crippen molar-refractivity contribution in [2.75, 3.05) is 31.7 Å². The number of rotatable bonds is 7. The number of methoxy groups -OCH3 is 1. The molecule has 0 aliphatic carbocycles. The second-order valence-corrected chi connectivity index (χ2v) is 5.11. The molecule has 1 aliphatic rings. The highest BCUT2D eigenvalue weighted by Crippen LogP contribution is 2.22. The molecule has 21 heavy (non-hydrogen) atoms. The Bertz CT molecular complexity index is 512. The molecule has 0 atom stereocenters. The normalized spacial score (nSPS) is 14.2. The Balaban J connectivity index is 1.82. The molecule has 116 valence electrons. The van der Waals surface area contributed by atoms with Crippen molar-refractivity contribution >= 4 is 17.6 Å². The van der Waals surface area contributed by atoms with Crippen LogP contribution in [0.2, 0.25) is 0 Å². The molecule has 1 aromatic rings. The van der Waals surface area contributed by atoms with Crippen LogP contribution in [0.5, 0.6) is 0 Å². The van der Waals surface area contributed by atoms with Crippen LogP contribution in [0.25, 0.3) is 0 Å². The quantitative estimate of drug-likeness (QED) is 0.742. The van der Waals surface area contributed by atoms with Gasteiger partial charge in [0, 0.05) is 39.1 Å². The molecule has 7 heteroatoms. The van der Waals surface area contributed by atoms with Gasteiger partial charge in [-0.2, -0.15) is 5.10 Å². The molecule has 7 nitrogen and oxygen atoms in total. The number of aromatic nitrogens is 2. The predicted molar refractivity (Wildman–Crippen MR) is 78.1 cm³/mol. The predicted octanol–water partition coefficient (Wildman–Crippen LogP) is 0.471. The Morgan fingerprint density at radius 3 is 3.10 bits per heavy atom. The molecule has 0 fully saturated rings. The zero-order chi connectivity index (χ0) is 15.2. The zero-order valence-electron chi connectivity index (χ0n) is 12.6. The van der Waals surface area contributed by atoms with E-state index < -0.39 is 0 Å². The summed E-state index contributed by atoms with van der Waals surface area (Å²) in [7, 11) is 1.60. The highest BCUT2D eigenvalue weighted by Gasteiger charge is 2.25. The first-order chi connectivity index (χ1) is 10.1. The molecule has 0 unspecified atom stereocenters. The van der Waals surface area contributed by atoms with Gasteiger partial charge >= 0.3 is 0 Å². The van der Waals surface area contributed by atoms with Crippen molar-refractivity contribution in [1.29, 1.82) is 0 Å². The number of anilines is 1. The minimum atomic E-state index is -0.0128. The van der Waals surface area contributed by atoms with E-state index in [-0.39, 0.29) is 11.8 Å². The van der Waals surface area contributed by atoms with E-state index in [1.807, 2.05) is 17.7 Å². The van der Waals surface area contributed by atoms with Gasteiger partial charge in [-0.1, -0.05) is 0 Å². The summed E-state index contributed by atoms with van der Waals surface area (Å²) in [5.74, 6) is 0.923. The Labute approximate surface area is 124 Å². The molecule has 2 amide bonds. The number of aryl methyl sites for hydroxylation is 2. The Morgan fingerprint density at radius 1 is 1.52 bits per heavy atom. The maximum Gasteiger partial charge on any atom is 0.229 e. The number of ether oxygens (including phenoxy) is 1. The maximum absolute atomic E-state index is 12.0. The van der Waals surface area contributed by atoms with E-state index in [2.05, 4.69) is 10.4 Å². The maximum atomic E-state index is 12.0. The molecule has 0 saturated heterocycles. The lowest BCUT2D eigenvalue weighted by atomic mass is 10.2. The summed E-state index contributed by atoms with van der Waals surface area (Å²) in [6, 6.07) is 1.91. The van der Waals surface area contributed by atoms with Gasteiger partial charge in [-0.15, -0.1) is 0 Å². The summed E-state index contributed by atoms with van der Waals surface area (Å²) in [6.45, 7) is 4.12. The SMILES string of the molecule is COCCNC(=O)CCCN1C(=O)CCn2nc(C)cc21. The van der Waals surface area contributed by atoms with Crippen LogP contribution in [0.1, 0.15) is 25.0 Å². The van der Waals surface area contributed by atoms with E-state index in [9.17, 15) is 9.59 Å². The summed E-state index contributed by atoms with van der Waals surface area (Å²) in [6.07, 6.45) is 1.50. The van der Waals surface area contributed by atoms with Crippen molar-refractivity contribution in [1.82, 2.24) is 15.1 Å². The summed E-state index contributed by atoms with van der Waals surface area (Å²) in [5.41, 5.74) is 0.905. The Kier molecular flexibility index (Phi) is 5.32. The molecular formula is C14H22N4O3. The first kappa shape index (κ1) is 15.5. The molecule has 0 spiro atoms. The zero-order valence-corrected chi connectivity index (χ0v) is 12.6. The van der Waals surface area contributed by atoms with E-state index in [0.717, 1.165) is 11.5 Å². The average Bonchev–Trinajstić information content (AvgIpc) is 2.82. The second kappa shape index (κ2) is 7.21. The van der Waals surface area contributed by atoms with Crippen molar-refractivity contribution in [3.63, 3.8) is 0 Å². The van der Waals surface area contributed by atoms with Gasteiger partial charge in [0.05, 0.1) is 18.8 Å². The van der Waals surface area contributed by atoms with E-state index >= 15 is 0 Å². The van der Waals surface area contributed by atoms with Gasteiger partial charge < -0.3 is 10.1 Å². The van der Waals surface area contributed by atoms with Crippen LogP contribution in [-0.2, 0) is 20.9 Å². The van der Waals surface area contributed by atoms with E-state index in [1.165, 1.54) is 0 Å². The lowest BCUT2D eigenvalue weighted by Crippen LogP contribution is -2.38. The third kappa shape index (κ3) is 4.04. The van der Waals surface area contributed by atoms with Gasteiger partial charge in [0.1, 0.15) is 5.82 Å². The number of fused-ring (bicyclic) bond motifs is 1. The molecule has 0 radical (unpaired) electrons. The van der Waals surface area contributed by atoms with Gasteiger partial charge in [0.2, 0.25) is 11.8 Å². The summed E-state index contributed by atoms with van der Waals surface area (Å²) in [5, 5.41) is 7.13. The Hall–Kier alpha value is -1.89. The van der Waals surface area contributed by atoms with Crippen LogP contribution in [-0.4, -0.2) is 48.4 Å². The summed E-state index contributed by atoms with van der Waals surface area (Å²) >= 11 is 0. The van der Waals surface area contributed by atoms with Gasteiger partial charge in [0.15, 0.2) is 0 Å². The topological polar surface area (TPSA) is 76.5 Å². The Morgan fingerprint density at radius 2 is 2.33 bits per heavy atom. The lowest BCUT2D eigenvalue weighted by Gasteiger charge is -2.27.